The molecule has 1 saturated heterocycles. The summed E-state index contributed by atoms with van der Waals surface area (Å²) >= 11 is 0. The molecule has 2 aromatic rings. The highest BCUT2D eigenvalue weighted by Crippen LogP contribution is 2.23. The highest BCUT2D eigenvalue weighted by molar-refractivity contribution is 6.06. The molecule has 3 rings (SSSR count). The molecule has 0 saturated carbocycles. The van der Waals surface area contributed by atoms with Gasteiger partial charge in [0.25, 0.3) is 5.91 Å². The first kappa shape index (κ1) is 13.1. The zero-order valence-corrected chi connectivity index (χ0v) is 11.6. The van der Waals surface area contributed by atoms with Crippen LogP contribution in [0.5, 0.6) is 0 Å². The Morgan fingerprint density at radius 2 is 2.20 bits per heavy atom. The molecule has 1 fully saturated rings. The van der Waals surface area contributed by atoms with Crippen molar-refractivity contribution in [3.05, 3.63) is 36.1 Å². The molecule has 2 heterocycles. The van der Waals surface area contributed by atoms with Crippen molar-refractivity contribution in [2.75, 3.05) is 33.2 Å². The molecule has 0 bridgehead atoms. The van der Waals surface area contributed by atoms with Crippen LogP contribution in [0.25, 0.3) is 11.0 Å². The van der Waals surface area contributed by atoms with E-state index in [1.807, 2.05) is 29.2 Å². The second-order valence-corrected chi connectivity index (χ2v) is 5.30. The first-order valence-electron chi connectivity index (χ1n) is 6.86. The van der Waals surface area contributed by atoms with E-state index in [1.54, 1.807) is 6.26 Å². The number of fused-ring (bicyclic) bond motifs is 1. The van der Waals surface area contributed by atoms with Crippen LogP contribution in [0.1, 0.15) is 10.4 Å². The minimum atomic E-state index is 0.0125. The predicted octanol–water partition coefficient (Wildman–Crippen LogP) is 1.15. The molecule has 106 valence electrons. The normalized spacial score (nSPS) is 20.5. The smallest absolute Gasteiger partial charge is 0.258 e. The number of benzene rings is 1. The third-order valence-corrected chi connectivity index (χ3v) is 3.93. The molecule has 1 aliphatic heterocycles. The number of para-hydroxylation sites is 1. The van der Waals surface area contributed by atoms with Crippen molar-refractivity contribution >= 4 is 16.9 Å². The molecule has 20 heavy (non-hydrogen) atoms. The van der Waals surface area contributed by atoms with Crippen molar-refractivity contribution in [3.63, 3.8) is 0 Å². The van der Waals surface area contributed by atoms with Crippen molar-refractivity contribution in [2.24, 2.45) is 5.73 Å². The van der Waals surface area contributed by atoms with Crippen LogP contribution in [0.15, 0.2) is 34.9 Å². The van der Waals surface area contributed by atoms with Gasteiger partial charge in [0, 0.05) is 31.6 Å². The number of nitrogens with two attached hydrogens (primary N) is 1. The van der Waals surface area contributed by atoms with E-state index in [-0.39, 0.29) is 11.9 Å². The number of amides is 1. The van der Waals surface area contributed by atoms with Crippen LogP contribution in [-0.2, 0) is 0 Å². The van der Waals surface area contributed by atoms with Crippen LogP contribution in [0.2, 0.25) is 0 Å². The summed E-state index contributed by atoms with van der Waals surface area (Å²) in [6.07, 6.45) is 1.55. The minimum Gasteiger partial charge on any atom is -0.463 e. The molecular weight excluding hydrogens is 254 g/mol. The van der Waals surface area contributed by atoms with Gasteiger partial charge in [0.15, 0.2) is 0 Å². The van der Waals surface area contributed by atoms with E-state index in [1.165, 1.54) is 0 Å². The maximum atomic E-state index is 12.7. The fraction of sp³-hybridized carbons (Fsp3) is 0.400. The summed E-state index contributed by atoms with van der Waals surface area (Å²) in [4.78, 5) is 16.8. The Balaban J connectivity index is 1.91. The lowest BCUT2D eigenvalue weighted by atomic mass is 10.1. The Bertz CT molecular complexity index is 622. The van der Waals surface area contributed by atoms with Gasteiger partial charge in [-0.15, -0.1) is 0 Å². The van der Waals surface area contributed by atoms with Gasteiger partial charge in [-0.2, -0.15) is 0 Å². The topological polar surface area (TPSA) is 62.7 Å². The Kier molecular flexibility index (Phi) is 3.46. The van der Waals surface area contributed by atoms with Crippen LogP contribution >= 0.6 is 0 Å². The fourth-order valence-corrected chi connectivity index (χ4v) is 2.78. The average Bonchev–Trinajstić information content (AvgIpc) is 2.90. The van der Waals surface area contributed by atoms with Crippen LogP contribution in [0.4, 0.5) is 0 Å². The lowest BCUT2D eigenvalue weighted by molar-refractivity contribution is 0.0517. The largest absolute Gasteiger partial charge is 0.463 e. The van der Waals surface area contributed by atoms with Gasteiger partial charge in [-0.1, -0.05) is 18.2 Å². The zero-order valence-electron chi connectivity index (χ0n) is 11.6. The molecule has 1 atom stereocenters. The zero-order chi connectivity index (χ0) is 14.1. The van der Waals surface area contributed by atoms with E-state index in [0.717, 1.165) is 24.1 Å². The maximum Gasteiger partial charge on any atom is 0.258 e. The summed E-state index contributed by atoms with van der Waals surface area (Å²) in [5, 5.41) is 0.868. The first-order chi connectivity index (χ1) is 9.70. The molecule has 0 radical (unpaired) electrons. The van der Waals surface area contributed by atoms with Crippen LogP contribution in [0, 0.1) is 0 Å². The first-order valence-corrected chi connectivity index (χ1v) is 6.86. The van der Waals surface area contributed by atoms with E-state index >= 15 is 0 Å². The number of piperazine rings is 1. The average molecular weight is 273 g/mol. The lowest BCUT2D eigenvalue weighted by Crippen LogP contribution is -2.56. The van der Waals surface area contributed by atoms with Crippen LogP contribution in [-0.4, -0.2) is 55.0 Å². The highest BCUT2D eigenvalue weighted by Gasteiger charge is 2.30. The molecule has 2 N–H and O–H groups in total. The van der Waals surface area contributed by atoms with Crippen molar-refractivity contribution in [1.29, 1.82) is 0 Å². The number of hydrogen-bond donors (Lipinski definition) is 1. The summed E-state index contributed by atoms with van der Waals surface area (Å²) in [7, 11) is 2.05. The van der Waals surface area contributed by atoms with Crippen molar-refractivity contribution in [2.45, 2.75) is 6.04 Å². The van der Waals surface area contributed by atoms with Gasteiger partial charge in [0.1, 0.15) is 11.8 Å². The van der Waals surface area contributed by atoms with Crippen molar-refractivity contribution in [3.8, 4) is 0 Å². The minimum absolute atomic E-state index is 0.0125. The summed E-state index contributed by atoms with van der Waals surface area (Å²) in [6, 6.07) is 7.67. The van der Waals surface area contributed by atoms with E-state index in [4.69, 9.17) is 10.2 Å². The summed E-state index contributed by atoms with van der Waals surface area (Å²) in [5.74, 6) is 0.0125. The predicted molar refractivity (Wildman–Crippen MR) is 77.6 cm³/mol. The molecule has 1 aliphatic rings. The Hall–Kier alpha value is -1.85. The number of nitrogens with zero attached hydrogens (tertiary/aromatic N) is 2. The van der Waals surface area contributed by atoms with Gasteiger partial charge in [-0.25, -0.2) is 0 Å². The number of carbonyl (C=O) groups is 1. The van der Waals surface area contributed by atoms with Gasteiger partial charge < -0.3 is 20.0 Å². The van der Waals surface area contributed by atoms with E-state index in [2.05, 4.69) is 11.9 Å². The monoisotopic (exact) mass is 273 g/mol. The molecule has 0 spiro atoms. The molecule has 1 amide bonds. The van der Waals surface area contributed by atoms with E-state index in [0.29, 0.717) is 18.7 Å². The number of furan rings is 1. The third kappa shape index (κ3) is 2.19. The Labute approximate surface area is 117 Å². The second-order valence-electron chi connectivity index (χ2n) is 5.30. The van der Waals surface area contributed by atoms with E-state index in [9.17, 15) is 4.79 Å². The van der Waals surface area contributed by atoms with Crippen molar-refractivity contribution in [1.82, 2.24) is 9.80 Å². The fourth-order valence-electron chi connectivity index (χ4n) is 2.78. The number of hydrogen-bond acceptors (Lipinski definition) is 4. The second kappa shape index (κ2) is 5.26. The number of rotatable bonds is 2. The molecule has 0 aliphatic carbocycles. The van der Waals surface area contributed by atoms with Crippen LogP contribution < -0.4 is 5.73 Å². The van der Waals surface area contributed by atoms with Gasteiger partial charge in [0.05, 0.1) is 11.6 Å². The van der Waals surface area contributed by atoms with Gasteiger partial charge in [-0.05, 0) is 13.1 Å². The molecular formula is C15H19N3O2. The Morgan fingerprint density at radius 1 is 1.40 bits per heavy atom. The van der Waals surface area contributed by atoms with Crippen LogP contribution in [0.3, 0.4) is 0 Å². The van der Waals surface area contributed by atoms with E-state index < -0.39 is 0 Å². The van der Waals surface area contributed by atoms with Gasteiger partial charge in [-0.3, -0.25) is 4.79 Å². The molecule has 1 unspecified atom stereocenters. The summed E-state index contributed by atoms with van der Waals surface area (Å²) in [5.41, 5.74) is 7.19. The quantitative estimate of drug-likeness (QED) is 0.891. The number of carbonyl (C=O) groups excluding carboxylic acids is 1. The number of likely N-dealkylation sites (N-methyl/N-ethyl adjacent to an activating group) is 1. The molecule has 1 aromatic heterocycles. The highest BCUT2D eigenvalue weighted by atomic mass is 16.3. The molecule has 5 nitrogen and oxygen atoms in total. The van der Waals surface area contributed by atoms with Gasteiger partial charge >= 0.3 is 0 Å². The molecule has 5 heteroatoms. The SMILES string of the molecule is CN1CCN(C(=O)c2coc3ccccc23)C(CN)C1. The molecule has 1 aromatic carbocycles. The maximum absolute atomic E-state index is 12.7. The summed E-state index contributed by atoms with van der Waals surface area (Å²) in [6.45, 7) is 2.87. The van der Waals surface area contributed by atoms with Gasteiger partial charge in [0.2, 0.25) is 0 Å². The third-order valence-electron chi connectivity index (χ3n) is 3.93. The standard InChI is InChI=1S/C15H19N3O2/c1-17-6-7-18(11(8-16)9-17)15(19)13-10-20-14-5-3-2-4-12(13)14/h2-5,10-11H,6-9,16H2,1H3. The Morgan fingerprint density at radius 3 is 3.00 bits per heavy atom. The summed E-state index contributed by atoms with van der Waals surface area (Å²) < 4.78 is 5.46. The van der Waals surface area contributed by atoms with Crippen molar-refractivity contribution < 1.29 is 9.21 Å². The lowest BCUT2D eigenvalue weighted by Gasteiger charge is -2.39.